The first-order chi connectivity index (χ1) is 18.3. The number of benzene rings is 3. The van der Waals surface area contributed by atoms with Crippen molar-refractivity contribution < 1.29 is 33.5 Å². The Bertz CT molecular complexity index is 1430. The summed E-state index contributed by atoms with van der Waals surface area (Å²) in [6.07, 6.45) is 1.37. The van der Waals surface area contributed by atoms with Gasteiger partial charge in [0, 0.05) is 12.1 Å². The van der Waals surface area contributed by atoms with Gasteiger partial charge < -0.3 is 14.2 Å². The molecule has 11 nitrogen and oxygen atoms in total. The fourth-order valence-corrected chi connectivity index (χ4v) is 3.73. The Kier molecular flexibility index (Phi) is 7.66. The molecular formula is C27H23N3O8. The van der Waals surface area contributed by atoms with Crippen LogP contribution in [0.15, 0.2) is 72.3 Å². The van der Waals surface area contributed by atoms with Crippen molar-refractivity contribution in [3.63, 3.8) is 0 Å². The number of nitro groups is 1. The highest BCUT2D eigenvalue weighted by Gasteiger charge is 2.37. The summed E-state index contributed by atoms with van der Waals surface area (Å²) < 4.78 is 16.7. The van der Waals surface area contributed by atoms with Crippen LogP contribution in [0.2, 0.25) is 0 Å². The van der Waals surface area contributed by atoms with Gasteiger partial charge in [0.15, 0.2) is 11.5 Å². The second kappa shape index (κ2) is 11.2. The fourth-order valence-electron chi connectivity index (χ4n) is 3.73. The number of carbonyl (C=O) groups excluding carboxylic acids is 3. The highest BCUT2D eigenvalue weighted by Crippen LogP contribution is 2.30. The summed E-state index contributed by atoms with van der Waals surface area (Å²) >= 11 is 0. The van der Waals surface area contributed by atoms with Crippen molar-refractivity contribution in [3.8, 4) is 17.2 Å². The molecule has 0 aliphatic carbocycles. The molecule has 1 heterocycles. The van der Waals surface area contributed by atoms with Crippen molar-refractivity contribution in [1.82, 2.24) is 5.32 Å². The van der Waals surface area contributed by atoms with Crippen LogP contribution in [0, 0.1) is 17.0 Å². The van der Waals surface area contributed by atoms with E-state index in [9.17, 15) is 24.5 Å². The van der Waals surface area contributed by atoms with E-state index in [0.29, 0.717) is 34.1 Å². The van der Waals surface area contributed by atoms with E-state index in [1.807, 2.05) is 0 Å². The summed E-state index contributed by atoms with van der Waals surface area (Å²) in [6, 6.07) is 16.6. The van der Waals surface area contributed by atoms with Crippen LogP contribution in [0.5, 0.6) is 17.2 Å². The quantitative estimate of drug-likeness (QED) is 0.148. The Morgan fingerprint density at radius 3 is 2.34 bits per heavy atom. The van der Waals surface area contributed by atoms with E-state index in [4.69, 9.17) is 14.2 Å². The number of nitrogens with one attached hydrogen (secondary N) is 1. The van der Waals surface area contributed by atoms with Crippen LogP contribution in [0.25, 0.3) is 6.08 Å². The van der Waals surface area contributed by atoms with Gasteiger partial charge in [0.2, 0.25) is 0 Å². The molecule has 1 saturated heterocycles. The van der Waals surface area contributed by atoms with Gasteiger partial charge in [-0.15, -0.1) is 0 Å². The van der Waals surface area contributed by atoms with Gasteiger partial charge in [-0.05, 0) is 54.5 Å². The first kappa shape index (κ1) is 25.9. The lowest BCUT2D eigenvalue weighted by atomic mass is 10.1. The lowest BCUT2D eigenvalue weighted by molar-refractivity contribution is -0.384. The second-order valence-corrected chi connectivity index (χ2v) is 8.10. The molecule has 38 heavy (non-hydrogen) atoms. The van der Waals surface area contributed by atoms with Crippen molar-refractivity contribution >= 4 is 35.3 Å². The standard InChI is InChI=1S/C27H23N3O8/c1-17-5-3-4-6-22(17)29-26(32)21(25(31)28-27(29)33)15-18-7-12-23(24(16-18)36-2)38-14-13-37-20-10-8-19(9-11-20)30(34)35/h3-12,15-16H,13-14H2,1-2H3,(H,28,31,33)/b21-15-. The Hall–Kier alpha value is -5.19. The maximum atomic E-state index is 13.1. The molecule has 0 saturated carbocycles. The molecule has 1 aliphatic heterocycles. The van der Waals surface area contributed by atoms with Gasteiger partial charge in [-0.3, -0.25) is 25.0 Å². The number of para-hydroxylation sites is 1. The van der Waals surface area contributed by atoms with Crippen molar-refractivity contribution in [2.24, 2.45) is 0 Å². The monoisotopic (exact) mass is 517 g/mol. The van der Waals surface area contributed by atoms with E-state index in [1.165, 1.54) is 37.5 Å². The molecule has 4 rings (SSSR count). The van der Waals surface area contributed by atoms with Gasteiger partial charge in [-0.2, -0.15) is 0 Å². The van der Waals surface area contributed by atoms with Crippen molar-refractivity contribution in [2.75, 3.05) is 25.2 Å². The van der Waals surface area contributed by atoms with Crippen LogP contribution < -0.4 is 24.4 Å². The third-order valence-electron chi connectivity index (χ3n) is 5.61. The van der Waals surface area contributed by atoms with Crippen molar-refractivity contribution in [2.45, 2.75) is 6.92 Å². The number of non-ortho nitro benzene ring substituents is 1. The number of amides is 4. The number of urea groups is 1. The van der Waals surface area contributed by atoms with Crippen LogP contribution in [0.4, 0.5) is 16.2 Å². The first-order valence-electron chi connectivity index (χ1n) is 11.4. The molecule has 3 aromatic rings. The van der Waals surface area contributed by atoms with E-state index >= 15 is 0 Å². The lowest BCUT2D eigenvalue weighted by Gasteiger charge is -2.27. The summed E-state index contributed by atoms with van der Waals surface area (Å²) in [5.74, 6) is -0.326. The SMILES string of the molecule is COc1cc(/C=C2/C(=O)NC(=O)N(c3ccccc3C)C2=O)ccc1OCCOc1ccc([N+](=O)[O-])cc1. The number of anilines is 1. The molecule has 0 atom stereocenters. The maximum absolute atomic E-state index is 13.1. The zero-order chi connectivity index (χ0) is 27.2. The summed E-state index contributed by atoms with van der Waals surface area (Å²) in [6.45, 7) is 2.09. The second-order valence-electron chi connectivity index (χ2n) is 8.10. The Morgan fingerprint density at radius 1 is 0.947 bits per heavy atom. The normalized spacial score (nSPS) is 14.3. The minimum absolute atomic E-state index is 0.0321. The summed E-state index contributed by atoms with van der Waals surface area (Å²) in [4.78, 5) is 49.3. The molecule has 194 valence electrons. The van der Waals surface area contributed by atoms with E-state index in [-0.39, 0.29) is 24.5 Å². The number of hydrogen-bond acceptors (Lipinski definition) is 8. The van der Waals surface area contributed by atoms with Crippen molar-refractivity contribution in [3.05, 3.63) is 93.5 Å². The zero-order valence-corrected chi connectivity index (χ0v) is 20.5. The molecule has 11 heteroatoms. The highest BCUT2D eigenvalue weighted by molar-refractivity contribution is 6.39. The Balaban J connectivity index is 1.45. The largest absolute Gasteiger partial charge is 0.493 e. The summed E-state index contributed by atoms with van der Waals surface area (Å²) in [5, 5.41) is 12.9. The van der Waals surface area contributed by atoms with Crippen LogP contribution in [-0.4, -0.2) is 43.1 Å². The zero-order valence-electron chi connectivity index (χ0n) is 20.5. The van der Waals surface area contributed by atoms with Gasteiger partial charge in [-0.25, -0.2) is 9.69 Å². The summed E-state index contributed by atoms with van der Waals surface area (Å²) in [5.41, 5.74) is 1.32. The van der Waals surface area contributed by atoms with Crippen LogP contribution >= 0.6 is 0 Å². The molecule has 0 unspecified atom stereocenters. The number of aryl methyl sites for hydroxylation is 1. The highest BCUT2D eigenvalue weighted by atomic mass is 16.6. The minimum atomic E-state index is -0.816. The maximum Gasteiger partial charge on any atom is 0.335 e. The number of imide groups is 2. The predicted molar refractivity (Wildman–Crippen MR) is 137 cm³/mol. The third-order valence-corrected chi connectivity index (χ3v) is 5.61. The minimum Gasteiger partial charge on any atom is -0.493 e. The Labute approximate surface area is 217 Å². The summed E-state index contributed by atoms with van der Waals surface area (Å²) in [7, 11) is 1.45. The van der Waals surface area contributed by atoms with Gasteiger partial charge >= 0.3 is 6.03 Å². The van der Waals surface area contributed by atoms with Crippen molar-refractivity contribution in [1.29, 1.82) is 0 Å². The molecule has 1 N–H and O–H groups in total. The van der Waals surface area contributed by atoms with Gasteiger partial charge in [0.05, 0.1) is 17.7 Å². The molecule has 0 spiro atoms. The number of barbiturate groups is 1. The lowest BCUT2D eigenvalue weighted by Crippen LogP contribution is -2.54. The molecule has 1 fully saturated rings. The number of nitro benzene ring substituents is 1. The van der Waals surface area contributed by atoms with Gasteiger partial charge in [-0.1, -0.05) is 24.3 Å². The van der Waals surface area contributed by atoms with Crippen LogP contribution in [0.1, 0.15) is 11.1 Å². The van der Waals surface area contributed by atoms with E-state index in [1.54, 1.807) is 49.4 Å². The first-order valence-corrected chi connectivity index (χ1v) is 11.4. The molecule has 3 aromatic carbocycles. The van der Waals surface area contributed by atoms with E-state index < -0.39 is 22.8 Å². The molecule has 0 bridgehead atoms. The number of nitrogens with zero attached hydrogens (tertiary/aromatic N) is 2. The topological polar surface area (TPSA) is 137 Å². The fraction of sp³-hybridized carbons (Fsp3) is 0.148. The molecule has 4 amide bonds. The van der Waals surface area contributed by atoms with Gasteiger partial charge in [0.25, 0.3) is 17.5 Å². The molecule has 1 aliphatic rings. The molecular weight excluding hydrogens is 494 g/mol. The van der Waals surface area contributed by atoms with Crippen LogP contribution in [-0.2, 0) is 9.59 Å². The third kappa shape index (κ3) is 5.62. The number of methoxy groups -OCH3 is 1. The van der Waals surface area contributed by atoms with Gasteiger partial charge in [0.1, 0.15) is 24.5 Å². The average molecular weight is 517 g/mol. The van der Waals surface area contributed by atoms with Crippen LogP contribution in [0.3, 0.4) is 0 Å². The molecule has 0 aromatic heterocycles. The number of hydrogen-bond donors (Lipinski definition) is 1. The smallest absolute Gasteiger partial charge is 0.335 e. The number of ether oxygens (including phenoxy) is 3. The average Bonchev–Trinajstić information content (AvgIpc) is 2.90. The van der Waals surface area contributed by atoms with E-state index in [2.05, 4.69) is 5.32 Å². The predicted octanol–water partition coefficient (Wildman–Crippen LogP) is 4.04. The van der Waals surface area contributed by atoms with E-state index in [0.717, 1.165) is 4.90 Å². The number of carbonyl (C=O) groups is 3. The number of rotatable bonds is 9. The Morgan fingerprint density at radius 2 is 1.66 bits per heavy atom. The molecule has 0 radical (unpaired) electrons.